The second-order valence-corrected chi connectivity index (χ2v) is 1.51. The minimum Gasteiger partial charge on any atom is -0.0963 e. The van der Waals surface area contributed by atoms with Crippen molar-refractivity contribution in [3.8, 4) is 0 Å². The van der Waals surface area contributed by atoms with Gasteiger partial charge in [-0.05, 0) is 0 Å². The van der Waals surface area contributed by atoms with Crippen LogP contribution in [0, 0.1) is 0 Å². The molecule has 0 bridgehead atoms. The average molecular weight is 145 g/mol. The maximum absolute atomic E-state index is 5.11. The lowest BCUT2D eigenvalue weighted by Crippen LogP contribution is -1.58. The van der Waals surface area contributed by atoms with Gasteiger partial charge < -0.3 is 0 Å². The Morgan fingerprint density at radius 3 is 2.33 bits per heavy atom. The molecule has 0 heterocycles. The summed E-state index contributed by atoms with van der Waals surface area (Å²) < 4.78 is 0. The Bertz CT molecular complexity index is 36.8. The van der Waals surface area contributed by atoms with Crippen molar-refractivity contribution in [3.63, 3.8) is 0 Å². The van der Waals surface area contributed by atoms with Crippen LogP contribution in [0.4, 0.5) is 0 Å². The number of halogens is 1. The van der Waals surface area contributed by atoms with Gasteiger partial charge in [0.05, 0.1) is 7.85 Å². The molecule has 32 valence electrons. The molecule has 0 aromatic heterocycles. The lowest BCUT2D eigenvalue weighted by molar-refractivity contribution is 1.65. The molecule has 0 unspecified atom stereocenters. The Hall–Kier alpha value is 0.285. The first-order chi connectivity index (χ1) is 2.91. The van der Waals surface area contributed by atoms with E-state index in [2.05, 4.69) is 15.9 Å². The van der Waals surface area contributed by atoms with E-state index in [1.54, 1.807) is 0 Å². The van der Waals surface area contributed by atoms with Gasteiger partial charge in [-0.3, -0.25) is 0 Å². The van der Waals surface area contributed by atoms with Crippen LogP contribution < -0.4 is 0 Å². The molecule has 0 saturated heterocycles. The van der Waals surface area contributed by atoms with Gasteiger partial charge in [-0.25, -0.2) is 0 Å². The Kier molecular flexibility index (Phi) is 5.54. The zero-order valence-electron chi connectivity index (χ0n) is 3.52. The average Bonchev–Trinajstić information content (AvgIpc) is 1.61. The zero-order chi connectivity index (χ0) is 4.83. The van der Waals surface area contributed by atoms with Gasteiger partial charge >= 0.3 is 0 Å². The molecule has 0 N–H and O–H groups in total. The molecular formula is C4H6BBr. The van der Waals surface area contributed by atoms with Crippen LogP contribution in [0.1, 0.15) is 0 Å². The number of hydrogen-bond donors (Lipinski definition) is 0. The predicted octanol–water partition coefficient (Wildman–Crippen LogP) is 1.52. The molecule has 6 heavy (non-hydrogen) atoms. The van der Waals surface area contributed by atoms with Crippen LogP contribution >= 0.6 is 15.9 Å². The number of allylic oxidation sites excluding steroid dienone is 2. The van der Waals surface area contributed by atoms with Crippen molar-refractivity contribution in [1.29, 1.82) is 0 Å². The van der Waals surface area contributed by atoms with Crippen LogP contribution in [-0.4, -0.2) is 13.2 Å². The fourth-order valence-corrected chi connectivity index (χ4v) is 0.424. The summed E-state index contributed by atoms with van der Waals surface area (Å²) in [5.74, 6) is 0. The summed E-state index contributed by atoms with van der Waals surface area (Å²) in [4.78, 5) is 0. The molecule has 0 aromatic carbocycles. The van der Waals surface area contributed by atoms with Crippen LogP contribution in [-0.2, 0) is 0 Å². The second kappa shape index (κ2) is 5.28. The minimum absolute atomic E-state index is 0.644. The summed E-state index contributed by atoms with van der Waals surface area (Å²) in [6.07, 6.45) is 4.53. The van der Waals surface area contributed by atoms with Gasteiger partial charge in [0.1, 0.15) is 0 Å². The molecule has 0 saturated carbocycles. The van der Waals surface area contributed by atoms with Crippen molar-refractivity contribution in [3.05, 3.63) is 12.2 Å². The standard InChI is InChI=1S/C4H6BBr/c5-3-1-2-4-6/h1-2H,3-4H2/b2-1+. The monoisotopic (exact) mass is 144 g/mol. The first-order valence-electron chi connectivity index (χ1n) is 1.83. The lowest BCUT2D eigenvalue weighted by atomic mass is 10.1. The van der Waals surface area contributed by atoms with E-state index in [1.807, 2.05) is 12.2 Å². The summed E-state index contributed by atoms with van der Waals surface area (Å²) in [5.41, 5.74) is 0. The Morgan fingerprint density at radius 2 is 2.17 bits per heavy atom. The molecule has 2 heteroatoms. The highest BCUT2D eigenvalue weighted by atomic mass is 79.9. The third-order valence-corrected chi connectivity index (χ3v) is 0.766. The van der Waals surface area contributed by atoms with Crippen molar-refractivity contribution in [1.82, 2.24) is 0 Å². The maximum atomic E-state index is 5.11. The highest BCUT2D eigenvalue weighted by molar-refractivity contribution is 9.09. The van der Waals surface area contributed by atoms with E-state index in [9.17, 15) is 0 Å². The zero-order valence-corrected chi connectivity index (χ0v) is 5.11. The van der Waals surface area contributed by atoms with E-state index in [-0.39, 0.29) is 0 Å². The molecule has 0 rings (SSSR count). The van der Waals surface area contributed by atoms with Gasteiger partial charge in [-0.2, -0.15) is 0 Å². The molecule has 0 aliphatic rings. The van der Waals surface area contributed by atoms with Crippen molar-refractivity contribution >= 4 is 23.8 Å². The van der Waals surface area contributed by atoms with Gasteiger partial charge in [0.25, 0.3) is 0 Å². The molecule has 2 radical (unpaired) electrons. The van der Waals surface area contributed by atoms with E-state index < -0.39 is 0 Å². The van der Waals surface area contributed by atoms with Crippen molar-refractivity contribution in [2.45, 2.75) is 6.32 Å². The summed E-state index contributed by atoms with van der Waals surface area (Å²) in [5, 5.41) is 0.907. The molecule has 0 atom stereocenters. The van der Waals surface area contributed by atoms with Gasteiger partial charge in [-0.15, -0.1) is 0 Å². The largest absolute Gasteiger partial charge is 0.0963 e. The van der Waals surface area contributed by atoms with E-state index >= 15 is 0 Å². The molecule has 0 aromatic rings. The number of hydrogen-bond acceptors (Lipinski definition) is 0. The molecule has 0 nitrogen and oxygen atoms in total. The third kappa shape index (κ3) is 4.28. The Morgan fingerprint density at radius 1 is 1.50 bits per heavy atom. The SMILES string of the molecule is [B]C/C=C/CBr. The van der Waals surface area contributed by atoms with Crippen LogP contribution in [0.15, 0.2) is 12.2 Å². The van der Waals surface area contributed by atoms with E-state index in [1.165, 1.54) is 0 Å². The highest BCUT2D eigenvalue weighted by Gasteiger charge is 1.61. The van der Waals surface area contributed by atoms with E-state index in [0.717, 1.165) is 5.33 Å². The smallest absolute Gasteiger partial charge is 0.0708 e. The maximum Gasteiger partial charge on any atom is 0.0708 e. The Balaban J connectivity index is 2.73. The van der Waals surface area contributed by atoms with Crippen LogP contribution in [0.3, 0.4) is 0 Å². The first-order valence-corrected chi connectivity index (χ1v) is 2.95. The van der Waals surface area contributed by atoms with Gasteiger partial charge in [0.2, 0.25) is 0 Å². The Labute approximate surface area is 48.2 Å². The molecule has 0 spiro atoms. The van der Waals surface area contributed by atoms with Gasteiger partial charge in [0.15, 0.2) is 0 Å². The van der Waals surface area contributed by atoms with Crippen LogP contribution in [0.25, 0.3) is 0 Å². The highest BCUT2D eigenvalue weighted by Crippen LogP contribution is 1.82. The van der Waals surface area contributed by atoms with Gasteiger partial charge in [-0.1, -0.05) is 34.4 Å². The van der Waals surface area contributed by atoms with Crippen molar-refractivity contribution in [2.75, 3.05) is 5.33 Å². The number of rotatable bonds is 2. The fourth-order valence-electron chi connectivity index (χ4n) is 0.159. The first kappa shape index (κ1) is 6.28. The third-order valence-electron chi connectivity index (χ3n) is 0.392. The van der Waals surface area contributed by atoms with Crippen molar-refractivity contribution < 1.29 is 0 Å². The molecule has 0 aliphatic heterocycles. The fraction of sp³-hybridized carbons (Fsp3) is 0.500. The lowest BCUT2D eigenvalue weighted by Gasteiger charge is -1.71. The summed E-state index contributed by atoms with van der Waals surface area (Å²) in [6, 6.07) is 0. The van der Waals surface area contributed by atoms with E-state index in [0.29, 0.717) is 6.32 Å². The summed E-state index contributed by atoms with van der Waals surface area (Å²) >= 11 is 3.21. The summed E-state index contributed by atoms with van der Waals surface area (Å²) in [6.45, 7) is 0. The van der Waals surface area contributed by atoms with Crippen molar-refractivity contribution in [2.24, 2.45) is 0 Å². The van der Waals surface area contributed by atoms with E-state index in [4.69, 9.17) is 7.85 Å². The predicted molar refractivity (Wildman–Crippen MR) is 33.5 cm³/mol. The quantitative estimate of drug-likeness (QED) is 0.313. The number of alkyl halides is 1. The normalized spacial score (nSPS) is 10.2. The minimum atomic E-state index is 0.644. The molecule has 0 fully saturated rings. The molecular weight excluding hydrogens is 139 g/mol. The molecule has 0 aliphatic carbocycles. The topological polar surface area (TPSA) is 0 Å². The van der Waals surface area contributed by atoms with Crippen LogP contribution in [0.5, 0.6) is 0 Å². The summed E-state index contributed by atoms with van der Waals surface area (Å²) in [7, 11) is 5.11. The van der Waals surface area contributed by atoms with Gasteiger partial charge in [0, 0.05) is 5.33 Å². The second-order valence-electron chi connectivity index (χ2n) is 0.861. The van der Waals surface area contributed by atoms with Crippen LogP contribution in [0.2, 0.25) is 6.32 Å². The molecule has 0 amide bonds.